The van der Waals surface area contributed by atoms with Gasteiger partial charge in [0.15, 0.2) is 0 Å². The topological polar surface area (TPSA) is 87.2 Å². The van der Waals surface area contributed by atoms with Gasteiger partial charge in [0.2, 0.25) is 5.91 Å². The second-order valence-corrected chi connectivity index (χ2v) is 5.68. The van der Waals surface area contributed by atoms with Crippen molar-refractivity contribution in [2.75, 3.05) is 0 Å². The Hall–Kier alpha value is -3.55. The molecule has 0 aliphatic heterocycles. The summed E-state index contributed by atoms with van der Waals surface area (Å²) in [6, 6.07) is 15.4. The minimum Gasteiger partial charge on any atom is -0.435 e. The molecule has 3 aromatic rings. The van der Waals surface area contributed by atoms with Gasteiger partial charge in [0, 0.05) is 17.2 Å². The second kappa shape index (κ2) is 7.77. The summed E-state index contributed by atoms with van der Waals surface area (Å²) >= 11 is 0. The number of primary amides is 1. The number of benzene rings is 2. The number of carbonyl (C=O) groups excluding carboxylic acids is 1. The van der Waals surface area contributed by atoms with Crippen molar-refractivity contribution >= 4 is 5.91 Å². The van der Waals surface area contributed by atoms with Crippen LogP contribution in [0.2, 0.25) is 0 Å². The first-order valence-corrected chi connectivity index (χ1v) is 7.94. The Kier molecular flexibility index (Phi) is 5.25. The number of amides is 1. The van der Waals surface area contributed by atoms with Gasteiger partial charge in [-0.2, -0.15) is 13.9 Å². The van der Waals surface area contributed by atoms with E-state index in [9.17, 15) is 18.4 Å². The molecule has 0 spiro atoms. The summed E-state index contributed by atoms with van der Waals surface area (Å²) in [6.07, 6.45) is 0. The Morgan fingerprint density at radius 2 is 1.70 bits per heavy atom. The average molecular weight is 371 g/mol. The number of rotatable bonds is 6. The Balaban J connectivity index is 1.83. The van der Waals surface area contributed by atoms with E-state index in [2.05, 4.69) is 9.84 Å². The highest BCUT2D eigenvalue weighted by Crippen LogP contribution is 2.21. The Morgan fingerprint density at radius 3 is 2.30 bits per heavy atom. The maximum Gasteiger partial charge on any atom is 0.387 e. The summed E-state index contributed by atoms with van der Waals surface area (Å²) in [5.41, 5.74) is 7.21. The highest BCUT2D eigenvalue weighted by atomic mass is 19.3. The molecule has 0 saturated carbocycles. The molecule has 0 saturated heterocycles. The maximum absolute atomic E-state index is 12.2. The molecule has 27 heavy (non-hydrogen) atoms. The number of halogens is 2. The molecule has 0 unspecified atom stereocenters. The first-order valence-electron chi connectivity index (χ1n) is 7.94. The fourth-order valence-corrected chi connectivity index (χ4v) is 2.47. The van der Waals surface area contributed by atoms with Crippen molar-refractivity contribution in [2.24, 2.45) is 5.73 Å². The maximum atomic E-state index is 12.2. The molecule has 1 heterocycles. The fraction of sp³-hybridized carbons (Fsp3) is 0.105. The lowest BCUT2D eigenvalue weighted by Gasteiger charge is -2.09. The molecule has 0 bridgehead atoms. The molecule has 0 fully saturated rings. The van der Waals surface area contributed by atoms with Crippen molar-refractivity contribution < 1.29 is 18.3 Å². The molecular formula is C19H15F2N3O3. The predicted octanol–water partition coefficient (Wildman–Crippen LogP) is 2.66. The van der Waals surface area contributed by atoms with Crippen molar-refractivity contribution in [3.05, 3.63) is 82.1 Å². The number of alkyl halides is 2. The Bertz CT molecular complexity index is 1000. The van der Waals surface area contributed by atoms with Gasteiger partial charge in [-0.15, -0.1) is 0 Å². The number of carbonyl (C=O) groups is 1. The molecule has 138 valence electrons. The van der Waals surface area contributed by atoms with Gasteiger partial charge in [-0.3, -0.25) is 9.59 Å². The molecule has 6 nitrogen and oxygen atoms in total. The van der Waals surface area contributed by atoms with E-state index >= 15 is 0 Å². The van der Waals surface area contributed by atoms with Crippen molar-refractivity contribution in [1.29, 1.82) is 0 Å². The average Bonchev–Trinajstić information content (AvgIpc) is 2.64. The quantitative estimate of drug-likeness (QED) is 0.722. The lowest BCUT2D eigenvalue weighted by Crippen LogP contribution is -2.23. The Morgan fingerprint density at radius 1 is 1.04 bits per heavy atom. The zero-order valence-electron chi connectivity index (χ0n) is 14.0. The van der Waals surface area contributed by atoms with Gasteiger partial charge in [0.25, 0.3) is 5.56 Å². The van der Waals surface area contributed by atoms with Crippen LogP contribution in [0.5, 0.6) is 5.75 Å². The minimum atomic E-state index is -2.89. The molecule has 1 amide bonds. The molecule has 3 rings (SSSR count). The first-order chi connectivity index (χ1) is 12.9. The lowest BCUT2D eigenvalue weighted by atomic mass is 10.1. The summed E-state index contributed by atoms with van der Waals surface area (Å²) in [6.45, 7) is -2.69. The van der Waals surface area contributed by atoms with Gasteiger partial charge in [-0.25, -0.2) is 4.68 Å². The molecule has 0 radical (unpaired) electrons. The third kappa shape index (κ3) is 4.55. The highest BCUT2D eigenvalue weighted by Gasteiger charge is 2.08. The SMILES string of the molecule is NC(=O)c1ccc(Cn2nc(-c3ccc(OC(F)F)cc3)ccc2=O)cc1. The van der Waals surface area contributed by atoms with Crippen LogP contribution in [0.15, 0.2) is 65.5 Å². The molecule has 2 aromatic carbocycles. The third-order valence-corrected chi connectivity index (χ3v) is 3.81. The summed E-state index contributed by atoms with van der Waals surface area (Å²) in [5.74, 6) is -0.491. The zero-order valence-corrected chi connectivity index (χ0v) is 14.0. The number of ether oxygens (including phenoxy) is 1. The number of nitrogens with zero attached hydrogens (tertiary/aromatic N) is 2. The van der Waals surface area contributed by atoms with E-state index in [-0.39, 0.29) is 17.9 Å². The molecule has 1 aromatic heterocycles. The predicted molar refractivity (Wildman–Crippen MR) is 94.6 cm³/mol. The normalized spacial score (nSPS) is 10.8. The van der Waals surface area contributed by atoms with Crippen LogP contribution in [0, 0.1) is 0 Å². The van der Waals surface area contributed by atoms with Crippen LogP contribution < -0.4 is 16.0 Å². The van der Waals surface area contributed by atoms with Crippen molar-refractivity contribution in [3.63, 3.8) is 0 Å². The molecule has 8 heteroatoms. The molecular weight excluding hydrogens is 356 g/mol. The summed E-state index contributed by atoms with van der Waals surface area (Å²) in [7, 11) is 0. The third-order valence-electron chi connectivity index (χ3n) is 3.81. The Labute approximate surface area is 152 Å². The van der Waals surface area contributed by atoms with Gasteiger partial charge >= 0.3 is 6.61 Å². The van der Waals surface area contributed by atoms with E-state index in [1.165, 1.54) is 22.9 Å². The van der Waals surface area contributed by atoms with Crippen LogP contribution in [-0.4, -0.2) is 22.3 Å². The summed E-state index contributed by atoms with van der Waals surface area (Å²) in [4.78, 5) is 23.2. The molecule has 0 aliphatic carbocycles. The van der Waals surface area contributed by atoms with Crippen LogP contribution in [-0.2, 0) is 6.54 Å². The van der Waals surface area contributed by atoms with Gasteiger partial charge in [-0.1, -0.05) is 12.1 Å². The second-order valence-electron chi connectivity index (χ2n) is 5.68. The van der Waals surface area contributed by atoms with Crippen LogP contribution in [0.1, 0.15) is 15.9 Å². The molecule has 0 aliphatic rings. The molecule has 2 N–H and O–H groups in total. The van der Waals surface area contributed by atoms with E-state index in [0.29, 0.717) is 16.8 Å². The highest BCUT2D eigenvalue weighted by molar-refractivity contribution is 5.92. The smallest absolute Gasteiger partial charge is 0.387 e. The van der Waals surface area contributed by atoms with Gasteiger partial charge < -0.3 is 10.5 Å². The monoisotopic (exact) mass is 371 g/mol. The number of nitrogens with two attached hydrogens (primary N) is 1. The first kappa shape index (κ1) is 18.2. The minimum absolute atomic E-state index is 0.0385. The fourth-order valence-electron chi connectivity index (χ4n) is 2.47. The standard InChI is InChI=1S/C19H15F2N3O3/c20-19(21)27-15-7-5-13(6-8-15)16-9-10-17(25)24(23-16)11-12-1-3-14(4-2-12)18(22)26/h1-10,19H,11H2,(H2,22,26). The zero-order chi connectivity index (χ0) is 19.4. The summed E-state index contributed by atoms with van der Waals surface area (Å²) < 4.78 is 30.0. The van der Waals surface area contributed by atoms with Crippen LogP contribution in [0.4, 0.5) is 8.78 Å². The van der Waals surface area contributed by atoms with Crippen molar-refractivity contribution in [3.8, 4) is 17.0 Å². The van der Waals surface area contributed by atoms with E-state index in [1.54, 1.807) is 42.5 Å². The van der Waals surface area contributed by atoms with E-state index in [1.807, 2.05) is 0 Å². The molecule has 0 atom stereocenters. The van der Waals surface area contributed by atoms with E-state index < -0.39 is 12.5 Å². The number of hydrogen-bond acceptors (Lipinski definition) is 4. The van der Waals surface area contributed by atoms with Crippen LogP contribution >= 0.6 is 0 Å². The number of aromatic nitrogens is 2. The van der Waals surface area contributed by atoms with E-state index in [0.717, 1.165) is 5.56 Å². The van der Waals surface area contributed by atoms with Gasteiger partial charge in [-0.05, 0) is 48.0 Å². The van der Waals surface area contributed by atoms with Crippen LogP contribution in [0.3, 0.4) is 0 Å². The summed E-state index contributed by atoms with van der Waals surface area (Å²) in [5, 5.41) is 4.31. The largest absolute Gasteiger partial charge is 0.435 e. The van der Waals surface area contributed by atoms with Gasteiger partial charge in [0.05, 0.1) is 12.2 Å². The number of hydrogen-bond donors (Lipinski definition) is 1. The lowest BCUT2D eigenvalue weighted by molar-refractivity contribution is -0.0498. The van der Waals surface area contributed by atoms with Crippen LogP contribution in [0.25, 0.3) is 11.3 Å². The van der Waals surface area contributed by atoms with E-state index in [4.69, 9.17) is 5.73 Å². The van der Waals surface area contributed by atoms with Crippen molar-refractivity contribution in [1.82, 2.24) is 9.78 Å². The van der Waals surface area contributed by atoms with Gasteiger partial charge in [0.1, 0.15) is 5.75 Å². The van der Waals surface area contributed by atoms with Crippen molar-refractivity contribution in [2.45, 2.75) is 13.2 Å².